The summed E-state index contributed by atoms with van der Waals surface area (Å²) in [5, 5.41) is 15.9. The Morgan fingerprint density at radius 1 is 0.443 bits per heavy atom. The third-order valence-electron chi connectivity index (χ3n) is 29.2. The van der Waals surface area contributed by atoms with E-state index >= 15 is 0 Å². The van der Waals surface area contributed by atoms with Crippen LogP contribution in [0.4, 0.5) is 4.70 Å². The summed E-state index contributed by atoms with van der Waals surface area (Å²) in [6, 6.07) is 64.1. The number of carbonyl (C=O) groups excluding carboxylic acids is 6. The summed E-state index contributed by atoms with van der Waals surface area (Å²) in [6.07, 6.45) is 16.5. The van der Waals surface area contributed by atoms with Gasteiger partial charge in [-0.05, 0) is 238 Å². The molecule has 3 N–H and O–H groups in total. The Labute approximate surface area is 934 Å². The molecule has 7 saturated heterocycles. The molecule has 0 aromatic heterocycles. The van der Waals surface area contributed by atoms with Crippen molar-refractivity contribution in [2.45, 2.75) is 401 Å². The quantitative estimate of drug-likeness (QED) is 0.00536. The van der Waals surface area contributed by atoms with E-state index in [9.17, 15) is 28.8 Å². The zero-order chi connectivity index (χ0) is 107. The number of Topliss-reactive ketones (excluding diaryl/α,β-unsaturated/α-hetero) is 2. The van der Waals surface area contributed by atoms with Gasteiger partial charge in [-0.2, -0.15) is 0 Å². The maximum absolute atomic E-state index is 12.3. The molecule has 16 atom stereocenters. The van der Waals surface area contributed by atoms with Crippen LogP contribution in [0.15, 0.2) is 194 Å². The van der Waals surface area contributed by atoms with Crippen LogP contribution in [0.3, 0.4) is 0 Å². The Morgan fingerprint density at radius 2 is 0.705 bits per heavy atom. The third-order valence-corrected chi connectivity index (χ3v) is 44.9. The molecule has 0 amide bonds. The van der Waals surface area contributed by atoms with Gasteiger partial charge in [0.05, 0.1) is 116 Å². The molecule has 7 aliphatic rings. The maximum atomic E-state index is 12.3. The summed E-state index contributed by atoms with van der Waals surface area (Å²) >= 11 is 2.96. The fourth-order valence-corrected chi connectivity index (χ4v) is 35.2. The molecule has 4 unspecified atom stereocenters. The average Bonchev–Trinajstić information content (AvgIpc) is 1.69. The van der Waals surface area contributed by atoms with Gasteiger partial charge in [0.15, 0.2) is 12.1 Å². The van der Waals surface area contributed by atoms with Crippen molar-refractivity contribution in [3.63, 3.8) is 0 Å². The van der Waals surface area contributed by atoms with E-state index in [2.05, 4.69) is 272 Å². The number of aliphatic hydroxyl groups is 1. The van der Waals surface area contributed by atoms with Crippen molar-refractivity contribution in [3.8, 4) is 0 Å². The van der Waals surface area contributed by atoms with Crippen LogP contribution in [0.1, 0.15) is 302 Å². The number of benzene rings is 6. The number of nitrogens with two attached hydrogens (primary N) is 1. The topological polar surface area (TPSA) is 273 Å². The Hall–Kier alpha value is -6.26. The van der Waals surface area contributed by atoms with Gasteiger partial charge in [0.1, 0.15) is 28.4 Å². The summed E-state index contributed by atoms with van der Waals surface area (Å²) < 4.78 is 85.1. The zero-order valence-corrected chi connectivity index (χ0v) is 103. The smallest absolute Gasteiger partial charge is 0.311 e. The van der Waals surface area contributed by atoms with Crippen molar-refractivity contribution >= 4 is 131 Å². The van der Waals surface area contributed by atoms with E-state index in [4.69, 9.17) is 78.1 Å². The van der Waals surface area contributed by atoms with Gasteiger partial charge in [-0.15, -0.1) is 24.0 Å². The first-order valence-electron chi connectivity index (χ1n) is 53.2. The number of esters is 3. The molecule has 22 nitrogen and oxygen atoms in total. The first kappa shape index (κ1) is 133. The van der Waals surface area contributed by atoms with Crippen molar-refractivity contribution in [1.29, 1.82) is 0 Å². The van der Waals surface area contributed by atoms with Gasteiger partial charge in [-0.1, -0.05) is 282 Å². The van der Waals surface area contributed by atoms with Crippen LogP contribution in [-0.4, -0.2) is 201 Å². The molecule has 0 spiro atoms. The minimum absolute atomic E-state index is 0. The second-order valence-corrected chi connectivity index (χ2v) is 61.1. The van der Waals surface area contributed by atoms with Gasteiger partial charge in [-0.3, -0.25) is 33.5 Å². The average molecular weight is 2350 g/mol. The van der Waals surface area contributed by atoms with Crippen LogP contribution in [0.25, 0.3) is 4.85 Å². The van der Waals surface area contributed by atoms with E-state index in [1.807, 2.05) is 76.2 Å². The molecular weight excluding hydrogens is 2160 g/mol. The van der Waals surface area contributed by atoms with E-state index in [0.29, 0.717) is 76.4 Å². The fraction of sp³-hybridized carbons (Fsp3) is 0.625. The van der Waals surface area contributed by atoms with Crippen LogP contribution in [-0.2, 0) is 109 Å². The van der Waals surface area contributed by atoms with Crippen LogP contribution >= 0.6 is 39.9 Å². The van der Waals surface area contributed by atoms with Crippen molar-refractivity contribution in [3.05, 3.63) is 205 Å². The van der Waals surface area contributed by atoms with Crippen LogP contribution in [0.2, 0.25) is 15.1 Å². The Kier molecular flexibility index (Phi) is 53.4. The number of aliphatic hydroxyl groups excluding tert-OH is 1. The molecule has 0 radical (unpaired) electrons. The molecule has 6 aromatic rings. The number of nitrogens with zero attached hydrogens (tertiary/aromatic N) is 1. The van der Waals surface area contributed by atoms with Crippen LogP contribution < -0.4 is 36.9 Å². The van der Waals surface area contributed by atoms with Crippen molar-refractivity contribution in [2.24, 2.45) is 33.8 Å². The summed E-state index contributed by atoms with van der Waals surface area (Å²) in [6.45, 7) is 58.9. The van der Waals surface area contributed by atoms with E-state index in [-0.39, 0.29) is 179 Å². The molecule has 7 heterocycles. The van der Waals surface area contributed by atoms with Gasteiger partial charge < -0.3 is 76.3 Å². The molecule has 29 heteroatoms. The second-order valence-electron chi connectivity index (χ2n) is 47.6. The molecule has 826 valence electrons. The van der Waals surface area contributed by atoms with Crippen LogP contribution in [0, 0.1) is 34.7 Å². The number of ether oxygens (including phenoxy) is 10. The number of hydrogen-bond acceptors (Lipinski definition) is 21. The number of allylic oxidation sites excluding steroid dienone is 2. The molecule has 0 bridgehead atoms. The largest absolute Gasteiger partial charge is 0.465 e. The zero-order valence-electron chi connectivity index (χ0n) is 93.3. The summed E-state index contributed by atoms with van der Waals surface area (Å²) in [7, 11) is -8.42. The molecule has 13 rings (SSSR count). The molecular formula is C120H181BrFIN2O20Si3Zn. The van der Waals surface area contributed by atoms with E-state index in [1.54, 1.807) is 6.92 Å². The van der Waals surface area contributed by atoms with Crippen molar-refractivity contribution < 1.29 is 119 Å². The maximum Gasteiger partial charge on any atom is 0.311 e. The molecule has 0 saturated carbocycles. The van der Waals surface area contributed by atoms with Gasteiger partial charge >= 0.3 is 17.9 Å². The molecule has 7 fully saturated rings. The fourth-order valence-electron chi connectivity index (χ4n) is 21.4. The predicted octanol–water partition coefficient (Wildman–Crippen LogP) is 22.3. The van der Waals surface area contributed by atoms with E-state index in [1.165, 1.54) is 51.0 Å². The SMILES string of the molecule is C.CC(=O)/C=C(\N)[C@H](C)CC1CC[C@@H]2O[C@@H](CCCOC(=O)C(C)(C)C)C[C@]2(CO[Si](c2ccccc2)(c2ccccc2)C(C)(C)C)O1.CC(=O)CBr.CC(=O)[C@H](C)CC1CC[C@@H]2O[C@@H](CCCOC(=O)C(C)(C)C)C[C@]2(CO[Si](c2ccccc2)(c2ccccc2)C(C)(C)C)O1.F.I.OC1CCCO1.[C-]#[N+][C@H](C)CC1CC[C@@H]2O[C@@H](CCCOC(=O)C(C)(C)C)C[C@]2(CO[Si](c2ccccc2)(c2ccccc2)C(C)(C)C)O1.[Zn]. The monoisotopic (exact) mass is 2340 g/mol. The standard InChI is InChI=1S/C39H57NO6Si.C37H54O6Si.C36H51NO5Si.C4H8O2.C3H5BrO.CH4.FH.HI.Zn/c1-28(34(40)25-29(2)41)24-30-21-22-35-39(46-30,26-31(45-35)16-15-23-43-36(42)37(3,4)5)27-44-47(38(6,7)8,32-17-11-9-12-18-32)33-19-13-10-14-20-33;1-27(28(2)38)24-29-21-22-33-37(43-29,25-30(42-33)16-15-23-40-34(39)35(3,4)5)26-41-44(36(6,7)8,31-17-11-9-12-18-31)32-19-13-10-14-20-32;1-27(37-8)24-28-21-22-32-36(42-28,25-29(41-32)16-15-23-39-33(38)34(2,3)4)26-40-43(35(5,6)7,30-17-11-9-12-18-30)31-19-13-10-14-20-31;5-4-2-1-3-6-4;1-3(5)2-4;;;;/h9-14,17-20,25,28,30-31,35H,15-16,21-24,26-27,40H2,1-8H3;9-14,17-20,27,29-30,33H,15-16,21-26H2,1-8H3;9-14,17-20,27-29,32H,15-16,21-26H2,1-7H3;4-5H,1-3H2;2H2,1H3;1H4;2*1H;/b34-25-;;;;;;;;/t28-,30?,31+,35+,39-;27-,29?,30+,33+,37-;27-,28?,29+,32+,36-;;;;;;/m111....../s1. The first-order chi connectivity index (χ1) is 68.2. The number of halogens is 3. The van der Waals surface area contributed by atoms with Crippen LogP contribution in [0.5, 0.6) is 0 Å². The number of ketones is 3. The van der Waals surface area contributed by atoms with Gasteiger partial charge in [0, 0.05) is 76.7 Å². The molecule has 7 aliphatic heterocycles. The Bertz CT molecular complexity index is 4970. The first-order valence-corrected chi connectivity index (χ1v) is 60.0. The number of alkyl halides is 1. The van der Waals surface area contributed by atoms with E-state index in [0.717, 1.165) is 109 Å². The molecule has 149 heavy (non-hydrogen) atoms. The number of hydrogen-bond donors (Lipinski definition) is 2. The van der Waals surface area contributed by atoms with Gasteiger partial charge in [0.25, 0.3) is 25.0 Å². The third kappa shape index (κ3) is 36.7. The second kappa shape index (κ2) is 59.8. The molecule has 0 aliphatic carbocycles. The number of carbonyl (C=O) groups is 6. The summed E-state index contributed by atoms with van der Waals surface area (Å²) in [5.74, 6) is -0.277. The molecule has 6 aromatic carbocycles. The minimum atomic E-state index is -2.83. The summed E-state index contributed by atoms with van der Waals surface area (Å²) in [5.41, 5.74) is 3.51. The number of rotatable bonds is 37. The van der Waals surface area contributed by atoms with Crippen molar-refractivity contribution in [1.82, 2.24) is 0 Å². The Balaban J connectivity index is 0.000000368. The normalized spacial score (nSPS) is 23.9. The van der Waals surface area contributed by atoms with E-state index < -0.39 is 64.3 Å². The predicted molar refractivity (Wildman–Crippen MR) is 612 cm³/mol. The van der Waals surface area contributed by atoms with Gasteiger partial charge in [-0.25, -0.2) is 6.57 Å². The summed E-state index contributed by atoms with van der Waals surface area (Å²) in [4.78, 5) is 74.3. The van der Waals surface area contributed by atoms with Gasteiger partial charge in [0.2, 0.25) is 6.04 Å². The Morgan fingerprint density at radius 3 is 0.913 bits per heavy atom. The van der Waals surface area contributed by atoms with Crippen molar-refractivity contribution in [2.75, 3.05) is 51.6 Å². The number of fused-ring (bicyclic) bond motifs is 3. The minimum Gasteiger partial charge on any atom is -0.465 e.